The molecular formula is C20H19F3N2O. The largest absolute Gasteiger partial charge is 0.416 e. The van der Waals surface area contributed by atoms with Crippen LogP contribution in [0.25, 0.3) is 10.9 Å². The predicted octanol–water partition coefficient (Wildman–Crippen LogP) is 4.89. The highest BCUT2D eigenvalue weighted by Gasteiger charge is 2.30. The number of para-hydroxylation sites is 1. The van der Waals surface area contributed by atoms with E-state index in [1.165, 1.54) is 12.1 Å². The summed E-state index contributed by atoms with van der Waals surface area (Å²) in [5.74, 6) is -0.397. The Bertz CT molecular complexity index is 924. The number of fused-ring (bicyclic) bond motifs is 1. The second-order valence-corrected chi connectivity index (χ2v) is 6.89. The summed E-state index contributed by atoms with van der Waals surface area (Å²) in [5, 5.41) is 3.90. The average molecular weight is 360 g/mol. The second kappa shape index (κ2) is 6.52. The predicted molar refractivity (Wildman–Crippen MR) is 95.1 cm³/mol. The van der Waals surface area contributed by atoms with E-state index in [1.54, 1.807) is 0 Å². The molecule has 0 aliphatic heterocycles. The van der Waals surface area contributed by atoms with Gasteiger partial charge in [0, 0.05) is 34.6 Å². The summed E-state index contributed by atoms with van der Waals surface area (Å²) in [6.07, 6.45) is -2.48. The third-order valence-corrected chi connectivity index (χ3v) is 4.48. The Hall–Kier alpha value is -2.76. The number of halogens is 3. The van der Waals surface area contributed by atoms with Crippen molar-refractivity contribution in [1.29, 1.82) is 0 Å². The van der Waals surface area contributed by atoms with Crippen molar-refractivity contribution in [2.45, 2.75) is 25.4 Å². The maximum Gasteiger partial charge on any atom is 0.416 e. The maximum atomic E-state index is 12.6. The van der Waals surface area contributed by atoms with Crippen LogP contribution >= 0.6 is 0 Å². The Balaban J connectivity index is 1.72. The van der Waals surface area contributed by atoms with E-state index in [2.05, 4.69) is 10.3 Å². The highest BCUT2D eigenvalue weighted by molar-refractivity contribution is 5.94. The van der Waals surface area contributed by atoms with Gasteiger partial charge in [-0.1, -0.05) is 32.0 Å². The lowest BCUT2D eigenvalue weighted by Crippen LogP contribution is -2.36. The number of alkyl halides is 3. The lowest BCUT2D eigenvalue weighted by Gasteiger charge is -2.25. The monoisotopic (exact) mass is 360 g/mol. The molecule has 3 nitrogen and oxygen atoms in total. The second-order valence-electron chi connectivity index (χ2n) is 6.89. The molecular weight excluding hydrogens is 341 g/mol. The van der Waals surface area contributed by atoms with E-state index in [0.717, 1.165) is 28.6 Å². The zero-order valence-corrected chi connectivity index (χ0v) is 14.4. The average Bonchev–Trinajstić information content (AvgIpc) is 3.04. The molecule has 2 N–H and O–H groups in total. The van der Waals surface area contributed by atoms with Gasteiger partial charge in [0.1, 0.15) is 0 Å². The molecule has 1 aromatic heterocycles. The molecule has 136 valence electrons. The van der Waals surface area contributed by atoms with Crippen LogP contribution in [0.15, 0.2) is 54.7 Å². The molecule has 0 aliphatic carbocycles. The molecule has 0 unspecified atom stereocenters. The van der Waals surface area contributed by atoms with Gasteiger partial charge in [-0.15, -0.1) is 0 Å². The molecule has 3 aromatic rings. The van der Waals surface area contributed by atoms with Gasteiger partial charge in [0.05, 0.1) is 5.56 Å². The minimum atomic E-state index is -4.41. The molecule has 6 heteroatoms. The summed E-state index contributed by atoms with van der Waals surface area (Å²) >= 11 is 0. The fourth-order valence-electron chi connectivity index (χ4n) is 2.94. The molecule has 0 bridgehead atoms. The van der Waals surface area contributed by atoms with Crippen LogP contribution in [0, 0.1) is 0 Å². The highest BCUT2D eigenvalue weighted by atomic mass is 19.4. The summed E-state index contributed by atoms with van der Waals surface area (Å²) in [6.45, 7) is 4.37. The smallest absolute Gasteiger partial charge is 0.361 e. The number of hydrogen-bond acceptors (Lipinski definition) is 1. The Labute approximate surface area is 149 Å². The minimum absolute atomic E-state index is 0.202. The van der Waals surface area contributed by atoms with E-state index in [4.69, 9.17) is 0 Å². The molecule has 3 rings (SSSR count). The van der Waals surface area contributed by atoms with Crippen LogP contribution in [-0.2, 0) is 11.6 Å². The number of benzene rings is 2. The molecule has 0 saturated carbocycles. The van der Waals surface area contributed by atoms with Crippen LogP contribution in [0.2, 0.25) is 0 Å². The van der Waals surface area contributed by atoms with Crippen LogP contribution in [0.5, 0.6) is 0 Å². The number of aromatic amines is 1. The molecule has 0 radical (unpaired) electrons. The third-order valence-electron chi connectivity index (χ3n) is 4.48. The molecule has 2 aromatic carbocycles. The zero-order valence-electron chi connectivity index (χ0n) is 14.4. The molecule has 1 heterocycles. The van der Waals surface area contributed by atoms with Crippen LogP contribution in [0.3, 0.4) is 0 Å². The van der Waals surface area contributed by atoms with Crippen molar-refractivity contribution in [2.75, 3.05) is 6.54 Å². The van der Waals surface area contributed by atoms with Crippen molar-refractivity contribution < 1.29 is 18.0 Å². The standard InChI is InChI=1S/C20H19F3N2O/c1-19(2,16-11-24-17-6-4-3-5-15(16)17)12-25-18(26)13-7-9-14(10-8-13)20(21,22)23/h3-11,24H,12H2,1-2H3,(H,25,26). The van der Waals surface area contributed by atoms with Crippen LogP contribution in [0.1, 0.15) is 35.3 Å². The first-order chi connectivity index (χ1) is 12.2. The summed E-state index contributed by atoms with van der Waals surface area (Å²) in [4.78, 5) is 15.5. The van der Waals surface area contributed by atoms with Gasteiger partial charge in [0.15, 0.2) is 0 Å². The van der Waals surface area contributed by atoms with E-state index in [1.807, 2.05) is 44.3 Å². The lowest BCUT2D eigenvalue weighted by molar-refractivity contribution is -0.137. The third kappa shape index (κ3) is 3.59. The van der Waals surface area contributed by atoms with Gasteiger partial charge in [-0.25, -0.2) is 0 Å². The van der Waals surface area contributed by atoms with Crippen LogP contribution in [-0.4, -0.2) is 17.4 Å². The number of carbonyl (C=O) groups is 1. The molecule has 0 spiro atoms. The van der Waals surface area contributed by atoms with E-state index in [0.29, 0.717) is 6.54 Å². The molecule has 1 amide bonds. The van der Waals surface area contributed by atoms with Gasteiger partial charge in [0.2, 0.25) is 0 Å². The number of nitrogens with one attached hydrogen (secondary N) is 2. The summed E-state index contributed by atoms with van der Waals surface area (Å²) in [5.41, 5.74) is 1.17. The first-order valence-corrected chi connectivity index (χ1v) is 8.20. The zero-order chi connectivity index (χ0) is 18.9. The van der Waals surface area contributed by atoms with Gasteiger partial charge in [-0.2, -0.15) is 13.2 Å². The van der Waals surface area contributed by atoms with E-state index >= 15 is 0 Å². The number of hydrogen-bond donors (Lipinski definition) is 2. The minimum Gasteiger partial charge on any atom is -0.361 e. The number of H-pyrrole nitrogens is 1. The summed E-state index contributed by atoms with van der Waals surface area (Å²) in [6, 6.07) is 12.1. The summed E-state index contributed by atoms with van der Waals surface area (Å²) in [7, 11) is 0. The molecule has 26 heavy (non-hydrogen) atoms. The van der Waals surface area contributed by atoms with E-state index in [-0.39, 0.29) is 11.0 Å². The fourth-order valence-corrected chi connectivity index (χ4v) is 2.94. The maximum absolute atomic E-state index is 12.6. The van der Waals surface area contributed by atoms with Gasteiger partial charge in [0.25, 0.3) is 5.91 Å². The Kier molecular flexibility index (Phi) is 4.52. The quantitative estimate of drug-likeness (QED) is 0.683. The van der Waals surface area contributed by atoms with Gasteiger partial charge in [-0.05, 0) is 35.9 Å². The molecule has 0 fully saturated rings. The van der Waals surface area contributed by atoms with Crippen molar-refractivity contribution in [2.24, 2.45) is 0 Å². The number of rotatable bonds is 4. The molecule has 0 atom stereocenters. The Morgan fingerprint density at radius 1 is 1.04 bits per heavy atom. The van der Waals surface area contributed by atoms with Crippen molar-refractivity contribution in [3.63, 3.8) is 0 Å². The van der Waals surface area contributed by atoms with Crippen molar-refractivity contribution in [1.82, 2.24) is 10.3 Å². The van der Waals surface area contributed by atoms with E-state index < -0.39 is 17.6 Å². The first-order valence-electron chi connectivity index (χ1n) is 8.20. The Morgan fingerprint density at radius 3 is 2.35 bits per heavy atom. The highest BCUT2D eigenvalue weighted by Crippen LogP contribution is 2.30. The summed E-state index contributed by atoms with van der Waals surface area (Å²) < 4.78 is 37.8. The Morgan fingerprint density at radius 2 is 1.69 bits per heavy atom. The van der Waals surface area contributed by atoms with E-state index in [9.17, 15) is 18.0 Å². The van der Waals surface area contributed by atoms with Crippen molar-refractivity contribution >= 4 is 16.8 Å². The van der Waals surface area contributed by atoms with Crippen molar-refractivity contribution in [3.05, 3.63) is 71.4 Å². The molecule has 0 aliphatic rings. The van der Waals surface area contributed by atoms with Crippen LogP contribution < -0.4 is 5.32 Å². The number of aromatic nitrogens is 1. The number of amides is 1. The van der Waals surface area contributed by atoms with Gasteiger partial charge in [-0.3, -0.25) is 4.79 Å². The van der Waals surface area contributed by atoms with Gasteiger partial charge < -0.3 is 10.3 Å². The van der Waals surface area contributed by atoms with Gasteiger partial charge >= 0.3 is 6.18 Å². The lowest BCUT2D eigenvalue weighted by atomic mass is 9.84. The number of carbonyl (C=O) groups excluding carboxylic acids is 1. The van der Waals surface area contributed by atoms with Crippen molar-refractivity contribution in [3.8, 4) is 0 Å². The molecule has 0 saturated heterocycles. The SMILES string of the molecule is CC(C)(CNC(=O)c1ccc(C(F)(F)F)cc1)c1c[nH]c2ccccc12. The normalized spacial score (nSPS) is 12.3. The first kappa shape index (κ1) is 18.0. The fraction of sp³-hybridized carbons (Fsp3) is 0.250. The van der Waals surface area contributed by atoms with Crippen LogP contribution in [0.4, 0.5) is 13.2 Å². The topological polar surface area (TPSA) is 44.9 Å².